The van der Waals surface area contributed by atoms with Crippen LogP contribution in [0.5, 0.6) is 0 Å². The van der Waals surface area contributed by atoms with Gasteiger partial charge in [0.15, 0.2) is 0 Å². The highest BCUT2D eigenvalue weighted by Gasteiger charge is 2.30. The third kappa shape index (κ3) is 3.78. The van der Waals surface area contributed by atoms with E-state index in [4.69, 9.17) is 0 Å². The Bertz CT molecular complexity index is 504. The molecule has 0 bridgehead atoms. The summed E-state index contributed by atoms with van der Waals surface area (Å²) < 4.78 is 27.5. The summed E-state index contributed by atoms with van der Waals surface area (Å²) in [6.45, 7) is 5.78. The zero-order valence-electron chi connectivity index (χ0n) is 11.5. The molecule has 0 amide bonds. The fourth-order valence-electron chi connectivity index (χ4n) is 2.36. The summed E-state index contributed by atoms with van der Waals surface area (Å²) in [6.07, 6.45) is 2.95. The van der Waals surface area contributed by atoms with Crippen molar-refractivity contribution in [1.29, 1.82) is 0 Å². The summed E-state index contributed by atoms with van der Waals surface area (Å²) in [5, 5.41) is 5.10. The van der Waals surface area contributed by atoms with Crippen LogP contribution in [0.25, 0.3) is 0 Å². The molecule has 19 heavy (non-hydrogen) atoms. The Kier molecular flexibility index (Phi) is 5.00. The van der Waals surface area contributed by atoms with E-state index in [-0.39, 0.29) is 6.04 Å². The molecule has 0 aromatic carbocycles. The second kappa shape index (κ2) is 6.35. The Hall–Kier alpha value is -0.430. The molecule has 1 fully saturated rings. The van der Waals surface area contributed by atoms with Gasteiger partial charge < -0.3 is 5.32 Å². The molecule has 0 unspecified atom stereocenters. The first-order chi connectivity index (χ1) is 9.03. The lowest BCUT2D eigenvalue weighted by Crippen LogP contribution is -2.43. The van der Waals surface area contributed by atoms with E-state index >= 15 is 0 Å². The molecule has 0 atom stereocenters. The van der Waals surface area contributed by atoms with Gasteiger partial charge in [0.1, 0.15) is 0 Å². The SMILES string of the molecule is CCCNCc1sccc1S(=O)(=O)NC1CC(C)C1. The number of rotatable bonds is 7. The molecular formula is C13H22N2O2S2. The Morgan fingerprint density at radius 1 is 1.42 bits per heavy atom. The maximum atomic E-state index is 12.3. The molecule has 4 nitrogen and oxygen atoms in total. The zero-order chi connectivity index (χ0) is 13.9. The predicted octanol–water partition coefficient (Wildman–Crippen LogP) is 2.32. The first kappa shape index (κ1) is 15.0. The lowest BCUT2D eigenvalue weighted by atomic mass is 9.83. The van der Waals surface area contributed by atoms with Gasteiger partial charge in [-0.25, -0.2) is 13.1 Å². The molecule has 0 spiro atoms. The number of nitrogens with one attached hydrogen (secondary N) is 2. The van der Waals surface area contributed by atoms with Gasteiger partial charge in [-0.2, -0.15) is 0 Å². The van der Waals surface area contributed by atoms with Crippen LogP contribution in [0.15, 0.2) is 16.3 Å². The lowest BCUT2D eigenvalue weighted by Gasteiger charge is -2.32. The molecular weight excluding hydrogens is 280 g/mol. The Balaban J connectivity index is 2.01. The van der Waals surface area contributed by atoms with Crippen molar-refractivity contribution in [2.75, 3.05) is 6.54 Å². The normalized spacial score (nSPS) is 23.3. The number of thiophene rings is 1. The van der Waals surface area contributed by atoms with Crippen LogP contribution in [0.4, 0.5) is 0 Å². The van der Waals surface area contributed by atoms with Crippen molar-refractivity contribution in [3.8, 4) is 0 Å². The predicted molar refractivity (Wildman–Crippen MR) is 78.8 cm³/mol. The topological polar surface area (TPSA) is 58.2 Å². The standard InChI is InChI=1S/C13H22N2O2S2/c1-3-5-14-9-12-13(4-6-18-12)19(16,17)15-11-7-10(2)8-11/h4,6,10-11,14-15H,3,5,7-9H2,1-2H3. The van der Waals surface area contributed by atoms with E-state index in [1.807, 2.05) is 5.38 Å². The van der Waals surface area contributed by atoms with E-state index in [1.165, 1.54) is 11.3 Å². The third-order valence-corrected chi connectivity index (χ3v) is 6.06. The Morgan fingerprint density at radius 2 is 2.16 bits per heavy atom. The molecule has 1 aromatic rings. The van der Waals surface area contributed by atoms with Gasteiger partial charge in [0.2, 0.25) is 10.0 Å². The quantitative estimate of drug-likeness (QED) is 0.760. The minimum Gasteiger partial charge on any atom is -0.312 e. The molecule has 0 aliphatic heterocycles. The smallest absolute Gasteiger partial charge is 0.241 e. The first-order valence-electron chi connectivity index (χ1n) is 6.82. The van der Waals surface area contributed by atoms with Crippen molar-refractivity contribution in [2.45, 2.75) is 50.6 Å². The highest BCUT2D eigenvalue weighted by atomic mass is 32.2. The van der Waals surface area contributed by atoms with Gasteiger partial charge in [0.25, 0.3) is 0 Å². The molecule has 1 aliphatic rings. The summed E-state index contributed by atoms with van der Waals surface area (Å²) in [7, 11) is -3.35. The number of hydrogen-bond donors (Lipinski definition) is 2. The van der Waals surface area contributed by atoms with E-state index in [1.54, 1.807) is 6.07 Å². The third-order valence-electron chi connectivity index (χ3n) is 3.40. The van der Waals surface area contributed by atoms with Crippen molar-refractivity contribution >= 4 is 21.4 Å². The van der Waals surface area contributed by atoms with Crippen LogP contribution >= 0.6 is 11.3 Å². The molecule has 1 heterocycles. The van der Waals surface area contributed by atoms with Crippen LogP contribution in [0, 0.1) is 5.92 Å². The highest BCUT2D eigenvalue weighted by molar-refractivity contribution is 7.89. The fourth-order valence-corrected chi connectivity index (χ4v) is 5.03. The minimum atomic E-state index is -3.35. The molecule has 0 saturated heterocycles. The molecule has 0 radical (unpaired) electrons. The molecule has 108 valence electrons. The monoisotopic (exact) mass is 302 g/mol. The van der Waals surface area contributed by atoms with Gasteiger partial charge >= 0.3 is 0 Å². The Morgan fingerprint density at radius 3 is 2.79 bits per heavy atom. The number of hydrogen-bond acceptors (Lipinski definition) is 4. The number of sulfonamides is 1. The van der Waals surface area contributed by atoms with Gasteiger partial charge in [0.05, 0.1) is 4.90 Å². The summed E-state index contributed by atoms with van der Waals surface area (Å²) >= 11 is 1.50. The second-order valence-electron chi connectivity index (χ2n) is 5.28. The van der Waals surface area contributed by atoms with Crippen LogP contribution in [0.3, 0.4) is 0 Å². The maximum Gasteiger partial charge on any atom is 0.241 e. The van der Waals surface area contributed by atoms with E-state index in [0.29, 0.717) is 17.4 Å². The van der Waals surface area contributed by atoms with Gasteiger partial charge in [-0.3, -0.25) is 0 Å². The lowest BCUT2D eigenvalue weighted by molar-refractivity contribution is 0.270. The summed E-state index contributed by atoms with van der Waals surface area (Å²) in [4.78, 5) is 1.34. The summed E-state index contributed by atoms with van der Waals surface area (Å²) in [5.74, 6) is 0.640. The van der Waals surface area contributed by atoms with Crippen molar-refractivity contribution in [2.24, 2.45) is 5.92 Å². The van der Waals surface area contributed by atoms with Gasteiger partial charge in [-0.15, -0.1) is 11.3 Å². The second-order valence-corrected chi connectivity index (χ2v) is 7.96. The summed E-state index contributed by atoms with van der Waals surface area (Å²) in [6, 6.07) is 1.83. The van der Waals surface area contributed by atoms with Gasteiger partial charge in [0, 0.05) is 17.5 Å². The summed E-state index contributed by atoms with van der Waals surface area (Å²) in [5.41, 5.74) is 0. The van der Waals surface area contributed by atoms with Gasteiger partial charge in [-0.05, 0) is 43.2 Å². The largest absolute Gasteiger partial charge is 0.312 e. The van der Waals surface area contributed by atoms with Crippen LogP contribution in [-0.2, 0) is 16.6 Å². The Labute approximate surface area is 119 Å². The molecule has 1 aliphatic carbocycles. The molecule has 1 aromatic heterocycles. The highest BCUT2D eigenvalue weighted by Crippen LogP contribution is 2.29. The average Bonchev–Trinajstić information content (AvgIpc) is 2.76. The van der Waals surface area contributed by atoms with Crippen LogP contribution in [0.2, 0.25) is 0 Å². The maximum absolute atomic E-state index is 12.3. The van der Waals surface area contributed by atoms with Crippen molar-refractivity contribution in [1.82, 2.24) is 10.0 Å². The van der Waals surface area contributed by atoms with Crippen molar-refractivity contribution in [3.63, 3.8) is 0 Å². The molecule has 6 heteroatoms. The van der Waals surface area contributed by atoms with E-state index in [0.717, 1.165) is 30.7 Å². The average molecular weight is 302 g/mol. The van der Waals surface area contributed by atoms with Crippen LogP contribution in [0.1, 0.15) is 38.0 Å². The first-order valence-corrected chi connectivity index (χ1v) is 9.18. The fraction of sp³-hybridized carbons (Fsp3) is 0.692. The van der Waals surface area contributed by atoms with Crippen molar-refractivity contribution in [3.05, 3.63) is 16.3 Å². The molecule has 2 N–H and O–H groups in total. The van der Waals surface area contributed by atoms with Crippen LogP contribution < -0.4 is 10.0 Å². The van der Waals surface area contributed by atoms with E-state index in [2.05, 4.69) is 23.9 Å². The minimum absolute atomic E-state index is 0.122. The van der Waals surface area contributed by atoms with Gasteiger partial charge in [-0.1, -0.05) is 13.8 Å². The van der Waals surface area contributed by atoms with Crippen molar-refractivity contribution < 1.29 is 8.42 Å². The molecule has 1 saturated carbocycles. The van der Waals surface area contributed by atoms with Crippen LogP contribution in [-0.4, -0.2) is 21.0 Å². The molecule has 2 rings (SSSR count). The van der Waals surface area contributed by atoms with E-state index < -0.39 is 10.0 Å². The zero-order valence-corrected chi connectivity index (χ0v) is 13.1. The van der Waals surface area contributed by atoms with E-state index in [9.17, 15) is 8.42 Å².